The van der Waals surface area contributed by atoms with E-state index in [0.29, 0.717) is 5.82 Å². The summed E-state index contributed by atoms with van der Waals surface area (Å²) in [7, 11) is 0. The molecule has 0 bridgehead atoms. The second-order valence-electron chi connectivity index (χ2n) is 13.1. The number of hydrogen-bond acceptors (Lipinski definition) is 5. The van der Waals surface area contributed by atoms with E-state index in [2.05, 4.69) is 140 Å². The molecule has 4 heterocycles. The fourth-order valence-electron chi connectivity index (χ4n) is 7.68. The van der Waals surface area contributed by atoms with Crippen LogP contribution < -0.4 is 0 Å². The van der Waals surface area contributed by atoms with Gasteiger partial charge in [0, 0.05) is 63.8 Å². The molecule has 0 unspecified atom stereocenters. The molecule has 0 aliphatic carbocycles. The number of rotatable bonds is 4. The molecule has 4 nitrogen and oxygen atoms in total. The number of fused-ring (bicyclic) bond motifs is 10. The van der Waals surface area contributed by atoms with Crippen LogP contribution in [0.5, 0.6) is 0 Å². The average Bonchev–Trinajstić information content (AvgIpc) is 3.79. The highest BCUT2D eigenvalue weighted by atomic mass is 32.1. The Morgan fingerprint density at radius 2 is 1.10 bits per heavy atom. The smallest absolute Gasteiger partial charge is 0.164 e. The Morgan fingerprint density at radius 3 is 1.94 bits per heavy atom. The molecule has 0 atom stereocenters. The van der Waals surface area contributed by atoms with Crippen LogP contribution in [0.3, 0.4) is 0 Å². The first-order chi connectivity index (χ1) is 25.8. The van der Waals surface area contributed by atoms with Crippen LogP contribution in [-0.4, -0.2) is 15.0 Å². The maximum Gasteiger partial charge on any atom is 0.164 e. The molecule has 0 aliphatic heterocycles. The molecule has 11 aromatic rings. The number of thiophene rings is 1. The fourth-order valence-corrected chi connectivity index (χ4v) is 8.83. The zero-order valence-corrected chi connectivity index (χ0v) is 28.6. The molecule has 11 rings (SSSR count). The lowest BCUT2D eigenvalue weighted by Crippen LogP contribution is -1.96. The van der Waals surface area contributed by atoms with E-state index in [1.54, 1.807) is 0 Å². The van der Waals surface area contributed by atoms with Gasteiger partial charge in [0.1, 0.15) is 11.2 Å². The number of benzene rings is 7. The van der Waals surface area contributed by atoms with Crippen LogP contribution in [-0.2, 0) is 0 Å². The summed E-state index contributed by atoms with van der Waals surface area (Å²) < 4.78 is 9.35. The molecule has 0 fully saturated rings. The minimum atomic E-state index is 0.623. The molecule has 52 heavy (non-hydrogen) atoms. The van der Waals surface area contributed by atoms with Gasteiger partial charge in [-0.05, 0) is 42.5 Å². The van der Waals surface area contributed by atoms with Crippen molar-refractivity contribution in [2.24, 2.45) is 0 Å². The fraction of sp³-hybridized carbons (Fsp3) is 0. The minimum Gasteiger partial charge on any atom is -0.455 e. The number of furan rings is 1. The van der Waals surface area contributed by atoms with Crippen molar-refractivity contribution >= 4 is 75.1 Å². The summed E-state index contributed by atoms with van der Waals surface area (Å²) in [5, 5.41) is 7.96. The van der Waals surface area contributed by atoms with Crippen molar-refractivity contribution < 1.29 is 4.42 Å². The molecule has 0 amide bonds. The van der Waals surface area contributed by atoms with Gasteiger partial charge >= 0.3 is 0 Å². The summed E-state index contributed by atoms with van der Waals surface area (Å²) in [5.74, 6) is 0.623. The Morgan fingerprint density at radius 1 is 0.423 bits per heavy atom. The second-order valence-corrected chi connectivity index (χ2v) is 14.2. The standard InChI is InChI=1S/C47H27N3OS/c1-3-12-28(13-4-1)38-27-39(30-22-23-32-31-16-8-10-21-41(31)52-42(32)26-30)50-47(49-38)36-19-11-18-35-44-40(51-46(35)36)25-24-34-43(44)33-17-7-9-20-37(33)48-45(34)29-14-5-2-6-15-29/h1-27H. The lowest BCUT2D eigenvalue weighted by Gasteiger charge is -2.11. The quantitative estimate of drug-likeness (QED) is 0.174. The van der Waals surface area contributed by atoms with Gasteiger partial charge in [0.2, 0.25) is 0 Å². The van der Waals surface area contributed by atoms with Gasteiger partial charge in [0.25, 0.3) is 0 Å². The van der Waals surface area contributed by atoms with Crippen molar-refractivity contribution in [2.45, 2.75) is 0 Å². The summed E-state index contributed by atoms with van der Waals surface area (Å²) in [5.41, 5.74) is 9.24. The molecule has 0 radical (unpaired) electrons. The van der Waals surface area contributed by atoms with E-state index in [-0.39, 0.29) is 0 Å². The highest BCUT2D eigenvalue weighted by molar-refractivity contribution is 7.25. The zero-order chi connectivity index (χ0) is 34.2. The molecular weight excluding hydrogens is 655 g/mol. The van der Waals surface area contributed by atoms with Gasteiger partial charge in [-0.2, -0.15) is 0 Å². The zero-order valence-electron chi connectivity index (χ0n) is 27.7. The monoisotopic (exact) mass is 681 g/mol. The van der Waals surface area contributed by atoms with Gasteiger partial charge in [-0.1, -0.05) is 121 Å². The highest BCUT2D eigenvalue weighted by Gasteiger charge is 2.21. The molecule has 0 spiro atoms. The SMILES string of the molecule is c1ccc(-c2cc(-c3ccc4c(c3)sc3ccccc34)nc(-c3cccc4c3oc3ccc5c(-c6ccccc6)nc6ccccc6c5c34)n2)cc1. The van der Waals surface area contributed by atoms with E-state index in [1.165, 1.54) is 20.2 Å². The van der Waals surface area contributed by atoms with Crippen LogP contribution in [0.2, 0.25) is 0 Å². The molecule has 0 N–H and O–H groups in total. The van der Waals surface area contributed by atoms with Crippen molar-refractivity contribution in [3.05, 3.63) is 164 Å². The van der Waals surface area contributed by atoms with Crippen LogP contribution >= 0.6 is 11.3 Å². The molecule has 0 saturated heterocycles. The van der Waals surface area contributed by atoms with Gasteiger partial charge in [-0.15, -0.1) is 11.3 Å². The number of pyridine rings is 1. The van der Waals surface area contributed by atoms with E-state index >= 15 is 0 Å². The summed E-state index contributed by atoms with van der Waals surface area (Å²) >= 11 is 1.81. The van der Waals surface area contributed by atoms with Crippen LogP contribution in [0.15, 0.2) is 168 Å². The van der Waals surface area contributed by atoms with Crippen molar-refractivity contribution in [1.29, 1.82) is 0 Å². The molecule has 0 aliphatic rings. The Balaban J connectivity index is 1.17. The Bertz CT molecular complexity index is 3180. The van der Waals surface area contributed by atoms with E-state index in [9.17, 15) is 0 Å². The molecular formula is C47H27N3OS. The number of nitrogens with zero attached hydrogens (tertiary/aromatic N) is 3. The lowest BCUT2D eigenvalue weighted by molar-refractivity contribution is 0.670. The number of aromatic nitrogens is 3. The third-order valence-electron chi connectivity index (χ3n) is 10.1. The second kappa shape index (κ2) is 11.4. The summed E-state index contributed by atoms with van der Waals surface area (Å²) in [6.45, 7) is 0. The summed E-state index contributed by atoms with van der Waals surface area (Å²) in [6, 6.07) is 57.0. The Kier molecular flexibility index (Phi) is 6.39. The van der Waals surface area contributed by atoms with Crippen LogP contribution in [0.25, 0.3) is 109 Å². The maximum atomic E-state index is 6.82. The van der Waals surface area contributed by atoms with Gasteiger partial charge in [-0.3, -0.25) is 0 Å². The molecule has 242 valence electrons. The largest absolute Gasteiger partial charge is 0.455 e. The maximum absolute atomic E-state index is 6.82. The van der Waals surface area contributed by atoms with Crippen molar-refractivity contribution in [1.82, 2.24) is 15.0 Å². The molecule has 5 heteroatoms. The predicted molar refractivity (Wildman–Crippen MR) is 217 cm³/mol. The lowest BCUT2D eigenvalue weighted by atomic mass is 9.96. The highest BCUT2D eigenvalue weighted by Crippen LogP contribution is 2.44. The van der Waals surface area contributed by atoms with Crippen molar-refractivity contribution in [3.8, 4) is 45.2 Å². The van der Waals surface area contributed by atoms with Crippen LogP contribution in [0, 0.1) is 0 Å². The molecule has 7 aromatic carbocycles. The average molecular weight is 682 g/mol. The molecule has 0 saturated carbocycles. The van der Waals surface area contributed by atoms with Gasteiger partial charge in [-0.25, -0.2) is 15.0 Å². The van der Waals surface area contributed by atoms with Crippen molar-refractivity contribution in [2.75, 3.05) is 0 Å². The van der Waals surface area contributed by atoms with E-state index in [1.807, 2.05) is 35.6 Å². The normalized spacial score (nSPS) is 11.8. The summed E-state index contributed by atoms with van der Waals surface area (Å²) in [6.07, 6.45) is 0. The first kappa shape index (κ1) is 29.1. The van der Waals surface area contributed by atoms with E-state index < -0.39 is 0 Å². The Labute approximate surface area is 302 Å². The Hall–Kier alpha value is -6.69. The third-order valence-corrected chi connectivity index (χ3v) is 11.2. The summed E-state index contributed by atoms with van der Waals surface area (Å²) in [4.78, 5) is 15.6. The first-order valence-corrected chi connectivity index (χ1v) is 18.2. The van der Waals surface area contributed by atoms with E-state index in [4.69, 9.17) is 19.4 Å². The predicted octanol–water partition coefficient (Wildman–Crippen LogP) is 13.1. The first-order valence-electron chi connectivity index (χ1n) is 17.4. The van der Waals surface area contributed by atoms with Crippen LogP contribution in [0.4, 0.5) is 0 Å². The number of hydrogen-bond donors (Lipinski definition) is 0. The third kappa shape index (κ3) is 4.50. The van der Waals surface area contributed by atoms with Gasteiger partial charge < -0.3 is 4.42 Å². The number of para-hydroxylation sites is 2. The van der Waals surface area contributed by atoms with Crippen LogP contribution in [0.1, 0.15) is 0 Å². The minimum absolute atomic E-state index is 0.623. The van der Waals surface area contributed by atoms with Crippen molar-refractivity contribution in [3.63, 3.8) is 0 Å². The molecule has 4 aromatic heterocycles. The van der Waals surface area contributed by atoms with Gasteiger partial charge in [0.15, 0.2) is 5.82 Å². The van der Waals surface area contributed by atoms with Gasteiger partial charge in [0.05, 0.1) is 28.2 Å². The topological polar surface area (TPSA) is 51.8 Å². The van der Waals surface area contributed by atoms with E-state index in [0.717, 1.165) is 82.9 Å².